The summed E-state index contributed by atoms with van der Waals surface area (Å²) in [6.07, 6.45) is 2.16. The van der Waals surface area contributed by atoms with Crippen molar-refractivity contribution in [1.29, 1.82) is 0 Å². The number of nitrogens with one attached hydrogen (secondary N) is 2. The largest absolute Gasteiger partial charge is 0.384 e. The lowest BCUT2D eigenvalue weighted by atomic mass is 10.1. The molecule has 0 unspecified atom stereocenters. The van der Waals surface area contributed by atoms with Gasteiger partial charge >= 0.3 is 0 Å². The quantitative estimate of drug-likeness (QED) is 0.423. The Morgan fingerprint density at radius 1 is 0.947 bits per heavy atom. The number of nitrogens with zero attached hydrogens (tertiary/aromatic N) is 5. The third-order valence-corrected chi connectivity index (χ3v) is 6.42. The first-order chi connectivity index (χ1) is 18.4. The molecule has 0 radical (unpaired) electrons. The summed E-state index contributed by atoms with van der Waals surface area (Å²) in [4.78, 5) is 38.8. The highest BCUT2D eigenvalue weighted by atomic mass is 16.5. The van der Waals surface area contributed by atoms with Gasteiger partial charge in [-0.15, -0.1) is 0 Å². The molecule has 1 aromatic heterocycles. The van der Waals surface area contributed by atoms with Crippen LogP contribution in [0.15, 0.2) is 60.8 Å². The van der Waals surface area contributed by atoms with Crippen LogP contribution < -0.4 is 15.5 Å². The molecule has 4 rings (SSSR count). The van der Waals surface area contributed by atoms with Gasteiger partial charge in [0.1, 0.15) is 0 Å². The first-order valence-electron chi connectivity index (χ1n) is 12.7. The van der Waals surface area contributed by atoms with Gasteiger partial charge in [0, 0.05) is 76.2 Å². The van der Waals surface area contributed by atoms with Gasteiger partial charge in [-0.25, -0.2) is 9.97 Å². The number of methoxy groups -OCH3 is 1. The molecule has 38 heavy (non-hydrogen) atoms. The SMILES string of the molecule is COCCC(=O)N1CCN(c2ccc(Nc3nccc(-c4ccc(NCC(=O)N(C)C)cc4)n3)cc2)CC1. The summed E-state index contributed by atoms with van der Waals surface area (Å²) in [6.45, 7) is 3.75. The van der Waals surface area contributed by atoms with Crippen LogP contribution in [0.5, 0.6) is 0 Å². The number of amides is 2. The molecule has 0 aliphatic carbocycles. The number of hydrogen-bond donors (Lipinski definition) is 2. The molecule has 0 saturated carbocycles. The first kappa shape index (κ1) is 26.9. The Kier molecular flexibility index (Phi) is 9.10. The molecule has 200 valence electrons. The fourth-order valence-electron chi connectivity index (χ4n) is 4.12. The van der Waals surface area contributed by atoms with E-state index in [1.807, 2.05) is 47.4 Å². The maximum Gasteiger partial charge on any atom is 0.241 e. The number of rotatable bonds is 10. The van der Waals surface area contributed by atoms with Gasteiger partial charge in [0.05, 0.1) is 25.3 Å². The van der Waals surface area contributed by atoms with Gasteiger partial charge in [-0.2, -0.15) is 0 Å². The zero-order chi connectivity index (χ0) is 26.9. The Morgan fingerprint density at radius 3 is 2.29 bits per heavy atom. The summed E-state index contributed by atoms with van der Waals surface area (Å²) < 4.78 is 5.02. The molecule has 0 spiro atoms. The maximum absolute atomic E-state index is 12.2. The average Bonchev–Trinajstić information content (AvgIpc) is 2.95. The molecule has 1 aliphatic rings. The average molecular weight is 518 g/mol. The molecule has 3 aromatic rings. The number of benzene rings is 2. The van der Waals surface area contributed by atoms with Gasteiger partial charge in [-0.3, -0.25) is 9.59 Å². The van der Waals surface area contributed by atoms with Crippen LogP contribution in [-0.2, 0) is 14.3 Å². The van der Waals surface area contributed by atoms with Crippen molar-refractivity contribution in [2.24, 2.45) is 0 Å². The van der Waals surface area contributed by atoms with E-state index in [4.69, 9.17) is 4.74 Å². The predicted molar refractivity (Wildman–Crippen MR) is 150 cm³/mol. The molecule has 10 nitrogen and oxygen atoms in total. The molecule has 1 fully saturated rings. The number of ether oxygens (including phenoxy) is 1. The normalized spacial score (nSPS) is 13.2. The third kappa shape index (κ3) is 7.19. The molecule has 0 bridgehead atoms. The standard InChI is InChI=1S/C28H35N7O3/c1-33(2)27(37)20-30-22-6-4-21(5-7-22)25-12-14-29-28(32-25)31-23-8-10-24(11-9-23)34-15-17-35(18-16-34)26(36)13-19-38-3/h4-12,14,30H,13,15-20H2,1-3H3,(H,29,31,32). The van der Waals surface area contributed by atoms with E-state index < -0.39 is 0 Å². The van der Waals surface area contributed by atoms with Gasteiger partial charge in [0.2, 0.25) is 17.8 Å². The second kappa shape index (κ2) is 12.9. The van der Waals surface area contributed by atoms with E-state index in [2.05, 4.69) is 37.6 Å². The van der Waals surface area contributed by atoms with Crippen molar-refractivity contribution in [2.75, 3.05) is 76.1 Å². The lowest BCUT2D eigenvalue weighted by Crippen LogP contribution is -2.49. The highest BCUT2D eigenvalue weighted by molar-refractivity contribution is 5.80. The molecule has 1 saturated heterocycles. The molecule has 1 aliphatic heterocycles. The minimum absolute atomic E-state index is 0.0152. The Balaban J connectivity index is 1.32. The maximum atomic E-state index is 12.2. The van der Waals surface area contributed by atoms with Crippen LogP contribution in [-0.4, -0.2) is 92.1 Å². The van der Waals surface area contributed by atoms with E-state index >= 15 is 0 Å². The van der Waals surface area contributed by atoms with Gasteiger partial charge in [-0.1, -0.05) is 12.1 Å². The molecule has 0 atom stereocenters. The van der Waals surface area contributed by atoms with Crippen molar-refractivity contribution in [1.82, 2.24) is 19.8 Å². The highest BCUT2D eigenvalue weighted by Gasteiger charge is 2.21. The van der Waals surface area contributed by atoms with E-state index in [9.17, 15) is 9.59 Å². The van der Waals surface area contributed by atoms with Crippen LogP contribution in [0.4, 0.5) is 23.0 Å². The Labute approximate surface area is 223 Å². The van der Waals surface area contributed by atoms with Gasteiger partial charge in [-0.05, 0) is 42.5 Å². The molecule has 2 amide bonds. The number of carbonyl (C=O) groups is 2. The molecule has 2 heterocycles. The van der Waals surface area contributed by atoms with Crippen molar-refractivity contribution < 1.29 is 14.3 Å². The number of carbonyl (C=O) groups excluding carboxylic acids is 2. The zero-order valence-electron chi connectivity index (χ0n) is 22.2. The molecule has 2 N–H and O–H groups in total. The van der Waals surface area contributed by atoms with Gasteiger partial charge < -0.3 is 30.1 Å². The fourth-order valence-corrected chi connectivity index (χ4v) is 4.12. The van der Waals surface area contributed by atoms with E-state index in [1.54, 1.807) is 32.3 Å². The number of likely N-dealkylation sites (N-methyl/N-ethyl adjacent to an activating group) is 1. The number of anilines is 4. The highest BCUT2D eigenvalue weighted by Crippen LogP contribution is 2.24. The summed E-state index contributed by atoms with van der Waals surface area (Å²) in [5.41, 5.74) is 4.64. The first-order valence-corrected chi connectivity index (χ1v) is 12.7. The molecule has 2 aromatic carbocycles. The smallest absolute Gasteiger partial charge is 0.241 e. The Hall–Kier alpha value is -4.18. The van der Waals surface area contributed by atoms with Crippen LogP contribution in [0.1, 0.15) is 6.42 Å². The zero-order valence-corrected chi connectivity index (χ0v) is 22.2. The Bertz CT molecular complexity index is 1210. The number of aromatic nitrogens is 2. The summed E-state index contributed by atoms with van der Waals surface area (Å²) >= 11 is 0. The lowest BCUT2D eigenvalue weighted by Gasteiger charge is -2.36. The minimum atomic E-state index is 0.0152. The van der Waals surface area contributed by atoms with Crippen molar-refractivity contribution >= 4 is 34.8 Å². The van der Waals surface area contributed by atoms with Crippen LogP contribution >= 0.6 is 0 Å². The second-order valence-corrected chi connectivity index (χ2v) is 9.27. The molecular formula is C28H35N7O3. The van der Waals surface area contributed by atoms with E-state index in [0.717, 1.165) is 41.4 Å². The van der Waals surface area contributed by atoms with Crippen LogP contribution in [0.25, 0.3) is 11.3 Å². The minimum Gasteiger partial charge on any atom is -0.384 e. The Morgan fingerprint density at radius 2 is 1.63 bits per heavy atom. The summed E-state index contributed by atoms with van der Waals surface area (Å²) in [6, 6.07) is 17.8. The molecular weight excluding hydrogens is 482 g/mol. The summed E-state index contributed by atoms with van der Waals surface area (Å²) in [7, 11) is 5.09. The van der Waals surface area contributed by atoms with Crippen LogP contribution in [0.3, 0.4) is 0 Å². The van der Waals surface area contributed by atoms with Crippen molar-refractivity contribution in [2.45, 2.75) is 6.42 Å². The van der Waals surface area contributed by atoms with E-state index in [-0.39, 0.29) is 18.4 Å². The van der Waals surface area contributed by atoms with E-state index in [0.29, 0.717) is 32.1 Å². The molecule has 10 heteroatoms. The number of piperazine rings is 1. The summed E-state index contributed by atoms with van der Waals surface area (Å²) in [5, 5.41) is 6.41. The van der Waals surface area contributed by atoms with Crippen molar-refractivity contribution in [3.63, 3.8) is 0 Å². The fraction of sp³-hybridized carbons (Fsp3) is 0.357. The topological polar surface area (TPSA) is 103 Å². The summed E-state index contributed by atoms with van der Waals surface area (Å²) in [5.74, 6) is 0.677. The lowest BCUT2D eigenvalue weighted by molar-refractivity contribution is -0.132. The van der Waals surface area contributed by atoms with Gasteiger partial charge in [0.25, 0.3) is 0 Å². The second-order valence-electron chi connectivity index (χ2n) is 9.27. The van der Waals surface area contributed by atoms with Crippen molar-refractivity contribution in [3.8, 4) is 11.3 Å². The number of hydrogen-bond acceptors (Lipinski definition) is 8. The van der Waals surface area contributed by atoms with Gasteiger partial charge in [0.15, 0.2) is 0 Å². The monoisotopic (exact) mass is 517 g/mol. The predicted octanol–water partition coefficient (Wildman–Crippen LogP) is 3.07. The van der Waals surface area contributed by atoms with Crippen molar-refractivity contribution in [3.05, 3.63) is 60.8 Å². The third-order valence-electron chi connectivity index (χ3n) is 6.42. The van der Waals surface area contributed by atoms with Crippen LogP contribution in [0.2, 0.25) is 0 Å². The van der Waals surface area contributed by atoms with E-state index in [1.165, 1.54) is 0 Å². The van der Waals surface area contributed by atoms with Crippen LogP contribution in [0, 0.1) is 0 Å².